The van der Waals surface area contributed by atoms with Crippen LogP contribution in [0.3, 0.4) is 0 Å². The summed E-state index contributed by atoms with van der Waals surface area (Å²) in [5, 5.41) is 0.538. The van der Waals surface area contributed by atoms with Gasteiger partial charge in [-0.2, -0.15) is 0 Å². The van der Waals surface area contributed by atoms with Gasteiger partial charge in [0.05, 0.1) is 30.6 Å². The summed E-state index contributed by atoms with van der Waals surface area (Å²) in [6.45, 7) is 4.34. The van der Waals surface area contributed by atoms with Crippen molar-refractivity contribution in [2.24, 2.45) is 0 Å². The van der Waals surface area contributed by atoms with E-state index in [0.29, 0.717) is 41.3 Å². The summed E-state index contributed by atoms with van der Waals surface area (Å²) in [6.07, 6.45) is 1.64. The Morgan fingerprint density at radius 2 is 1.68 bits per heavy atom. The SMILES string of the molecule is C=CCOc1c(OC)cc(Cn2c3ccccc3c(=O)c3c(F)cccc32)cc1OC. The molecule has 4 aromatic rings. The van der Waals surface area contributed by atoms with Gasteiger partial charge >= 0.3 is 0 Å². The van der Waals surface area contributed by atoms with Gasteiger partial charge in [0, 0.05) is 11.9 Å². The molecule has 0 N–H and O–H groups in total. The van der Waals surface area contributed by atoms with Crippen LogP contribution in [0.15, 0.2) is 72.0 Å². The third-order valence-corrected chi connectivity index (χ3v) is 5.16. The van der Waals surface area contributed by atoms with E-state index >= 15 is 0 Å². The zero-order valence-corrected chi connectivity index (χ0v) is 17.4. The highest BCUT2D eigenvalue weighted by Gasteiger charge is 2.17. The number of benzene rings is 3. The molecule has 0 aliphatic rings. The molecule has 0 bridgehead atoms. The third-order valence-electron chi connectivity index (χ3n) is 5.16. The molecule has 0 amide bonds. The van der Waals surface area contributed by atoms with Crippen molar-refractivity contribution in [2.45, 2.75) is 6.54 Å². The number of aromatic nitrogens is 1. The molecule has 158 valence electrons. The lowest BCUT2D eigenvalue weighted by atomic mass is 10.1. The molecule has 1 aromatic heterocycles. The van der Waals surface area contributed by atoms with Crippen LogP contribution in [-0.4, -0.2) is 25.4 Å². The number of rotatable bonds is 7. The lowest BCUT2D eigenvalue weighted by Crippen LogP contribution is -2.13. The monoisotopic (exact) mass is 419 g/mol. The van der Waals surface area contributed by atoms with E-state index in [1.807, 2.05) is 28.8 Å². The first kappa shape index (κ1) is 20.5. The Morgan fingerprint density at radius 1 is 1.00 bits per heavy atom. The second-order valence-corrected chi connectivity index (χ2v) is 7.00. The molecule has 0 aliphatic carbocycles. The molecule has 1 heterocycles. The second kappa shape index (κ2) is 8.52. The Kier molecular flexibility index (Phi) is 5.62. The Balaban J connectivity index is 1.94. The van der Waals surface area contributed by atoms with E-state index in [9.17, 15) is 9.18 Å². The number of hydrogen-bond acceptors (Lipinski definition) is 4. The molecule has 31 heavy (non-hydrogen) atoms. The Hall–Kier alpha value is -3.80. The van der Waals surface area contributed by atoms with Crippen molar-refractivity contribution in [1.29, 1.82) is 0 Å². The van der Waals surface area contributed by atoms with Crippen LogP contribution in [0.25, 0.3) is 21.8 Å². The summed E-state index contributed by atoms with van der Waals surface area (Å²) in [4.78, 5) is 12.9. The highest BCUT2D eigenvalue weighted by atomic mass is 19.1. The second-order valence-electron chi connectivity index (χ2n) is 7.00. The average Bonchev–Trinajstić information content (AvgIpc) is 2.80. The van der Waals surface area contributed by atoms with Crippen LogP contribution in [0.2, 0.25) is 0 Å². The van der Waals surface area contributed by atoms with E-state index in [1.54, 1.807) is 44.6 Å². The molecule has 0 radical (unpaired) electrons. The van der Waals surface area contributed by atoms with E-state index in [0.717, 1.165) is 11.1 Å². The number of methoxy groups -OCH3 is 2. The quantitative estimate of drug-likeness (QED) is 0.315. The number of para-hydroxylation sites is 1. The molecular weight excluding hydrogens is 397 g/mol. The molecule has 5 nitrogen and oxygen atoms in total. The standard InChI is InChI=1S/C25H22FNO4/c1-4-12-31-25-21(29-2)13-16(14-22(25)30-3)15-27-19-10-6-5-8-17(19)24(28)23-18(26)9-7-11-20(23)27/h4-11,13-14H,1,12,15H2,2-3H3. The highest BCUT2D eigenvalue weighted by molar-refractivity contribution is 5.93. The molecule has 0 fully saturated rings. The topological polar surface area (TPSA) is 49.7 Å². The van der Waals surface area contributed by atoms with Gasteiger partial charge in [0.2, 0.25) is 5.75 Å². The fourth-order valence-corrected chi connectivity index (χ4v) is 3.79. The van der Waals surface area contributed by atoms with Crippen molar-refractivity contribution < 1.29 is 18.6 Å². The maximum absolute atomic E-state index is 14.6. The van der Waals surface area contributed by atoms with Gasteiger partial charge in [0.1, 0.15) is 12.4 Å². The molecule has 3 aromatic carbocycles. The number of pyridine rings is 1. The first-order valence-corrected chi connectivity index (χ1v) is 9.77. The Bertz CT molecular complexity index is 1320. The van der Waals surface area contributed by atoms with Crippen LogP contribution < -0.4 is 19.6 Å². The highest BCUT2D eigenvalue weighted by Crippen LogP contribution is 2.39. The maximum atomic E-state index is 14.6. The van der Waals surface area contributed by atoms with E-state index in [4.69, 9.17) is 14.2 Å². The van der Waals surface area contributed by atoms with Crippen molar-refractivity contribution >= 4 is 21.8 Å². The Morgan fingerprint density at radius 3 is 2.35 bits per heavy atom. The van der Waals surface area contributed by atoms with Gasteiger partial charge in [-0.15, -0.1) is 0 Å². The predicted molar refractivity (Wildman–Crippen MR) is 120 cm³/mol. The number of hydrogen-bond donors (Lipinski definition) is 0. The number of fused-ring (bicyclic) bond motifs is 2. The molecular formula is C25H22FNO4. The van der Waals surface area contributed by atoms with Gasteiger partial charge in [0.15, 0.2) is 16.9 Å². The fourth-order valence-electron chi connectivity index (χ4n) is 3.79. The molecule has 4 rings (SSSR count). The summed E-state index contributed by atoms with van der Waals surface area (Å²) in [5.41, 5.74) is 1.77. The lowest BCUT2D eigenvalue weighted by Gasteiger charge is -2.18. The smallest absolute Gasteiger partial charge is 0.203 e. The average molecular weight is 419 g/mol. The zero-order chi connectivity index (χ0) is 22.0. The molecule has 6 heteroatoms. The van der Waals surface area contributed by atoms with Crippen LogP contribution in [0, 0.1) is 5.82 Å². The van der Waals surface area contributed by atoms with E-state index in [2.05, 4.69) is 6.58 Å². The Labute approximate surface area is 178 Å². The predicted octanol–water partition coefficient (Wildman–Crippen LogP) is 4.92. The first-order valence-electron chi connectivity index (χ1n) is 9.77. The number of halogens is 1. The molecule has 0 saturated heterocycles. The lowest BCUT2D eigenvalue weighted by molar-refractivity contribution is 0.300. The van der Waals surface area contributed by atoms with Crippen LogP contribution in [0.1, 0.15) is 5.56 Å². The van der Waals surface area contributed by atoms with Gasteiger partial charge in [-0.1, -0.05) is 30.9 Å². The van der Waals surface area contributed by atoms with Crippen LogP contribution >= 0.6 is 0 Å². The first-order chi connectivity index (χ1) is 15.1. The van der Waals surface area contributed by atoms with Crippen LogP contribution in [-0.2, 0) is 6.54 Å². The summed E-state index contributed by atoms with van der Waals surface area (Å²) >= 11 is 0. The van der Waals surface area contributed by atoms with E-state index < -0.39 is 5.82 Å². The molecule has 0 atom stereocenters. The minimum atomic E-state index is -0.537. The van der Waals surface area contributed by atoms with Crippen molar-refractivity contribution in [2.75, 3.05) is 20.8 Å². The van der Waals surface area contributed by atoms with Crippen LogP contribution in [0.5, 0.6) is 17.2 Å². The van der Waals surface area contributed by atoms with Gasteiger partial charge in [0.25, 0.3) is 0 Å². The minimum Gasteiger partial charge on any atom is -0.493 e. The largest absolute Gasteiger partial charge is 0.493 e. The van der Waals surface area contributed by atoms with Crippen LogP contribution in [0.4, 0.5) is 4.39 Å². The van der Waals surface area contributed by atoms with Crippen molar-refractivity contribution in [1.82, 2.24) is 4.57 Å². The summed E-state index contributed by atoms with van der Waals surface area (Å²) in [7, 11) is 3.11. The van der Waals surface area contributed by atoms with Crippen molar-refractivity contribution in [3.8, 4) is 17.2 Å². The van der Waals surface area contributed by atoms with Gasteiger partial charge in [-0.05, 0) is 42.0 Å². The molecule has 0 aliphatic heterocycles. The normalized spacial score (nSPS) is 10.9. The minimum absolute atomic E-state index is 0.0751. The van der Waals surface area contributed by atoms with E-state index in [-0.39, 0.29) is 10.8 Å². The summed E-state index contributed by atoms with van der Waals surface area (Å²) in [6, 6.07) is 15.6. The van der Waals surface area contributed by atoms with Gasteiger partial charge in [-0.25, -0.2) is 4.39 Å². The summed E-state index contributed by atoms with van der Waals surface area (Å²) in [5.74, 6) is 0.966. The third kappa shape index (κ3) is 3.61. The van der Waals surface area contributed by atoms with Gasteiger partial charge < -0.3 is 18.8 Å². The van der Waals surface area contributed by atoms with Gasteiger partial charge in [-0.3, -0.25) is 4.79 Å². The molecule has 0 saturated carbocycles. The fraction of sp³-hybridized carbons (Fsp3) is 0.160. The number of ether oxygens (including phenoxy) is 3. The van der Waals surface area contributed by atoms with Crippen molar-refractivity contribution in [3.05, 3.63) is 88.9 Å². The van der Waals surface area contributed by atoms with E-state index in [1.165, 1.54) is 6.07 Å². The molecule has 0 spiro atoms. The summed E-state index contributed by atoms with van der Waals surface area (Å²) < 4.78 is 33.3. The van der Waals surface area contributed by atoms with Crippen molar-refractivity contribution in [3.63, 3.8) is 0 Å². The number of nitrogens with zero attached hydrogens (tertiary/aromatic N) is 1. The maximum Gasteiger partial charge on any atom is 0.203 e. The zero-order valence-electron chi connectivity index (χ0n) is 17.4. The molecule has 0 unspecified atom stereocenters.